The number of amides is 1. The second-order valence-corrected chi connectivity index (χ2v) is 3.83. The highest BCUT2D eigenvalue weighted by molar-refractivity contribution is 7.46. The lowest BCUT2D eigenvalue weighted by atomic mass is 10.1. The first-order valence-corrected chi connectivity index (χ1v) is 5.10. The van der Waals surface area contributed by atoms with Gasteiger partial charge >= 0.3 is 7.82 Å². The maximum Gasteiger partial charge on any atom is 0.469 e. The number of hydrogen-bond donors (Lipinski definition) is 5. The predicted octanol–water partition coefficient (Wildman–Crippen LogP) is -2.31. The minimum absolute atomic E-state index is 0.508. The molecule has 2 atom stereocenters. The second kappa shape index (κ2) is 5.40. The fraction of sp³-hybridized carbons (Fsp3) is 0.800. The van der Waals surface area contributed by atoms with Gasteiger partial charge in [0.15, 0.2) is 0 Å². The molecule has 6 N–H and O–H groups in total. The van der Waals surface area contributed by atoms with E-state index in [1.54, 1.807) is 0 Å². The minimum atomic E-state index is -4.68. The first kappa shape index (κ1) is 13.5. The van der Waals surface area contributed by atoms with Crippen molar-refractivity contribution in [2.75, 3.05) is 6.61 Å². The van der Waals surface area contributed by atoms with Gasteiger partial charge in [-0.2, -0.15) is 0 Å². The lowest BCUT2D eigenvalue weighted by molar-refractivity contribution is -0.122. The Bertz CT molecular complexity index is 238. The van der Waals surface area contributed by atoms with Gasteiger partial charge in [-0.1, -0.05) is 0 Å². The van der Waals surface area contributed by atoms with Crippen molar-refractivity contribution < 1.29 is 33.9 Å². The quantitative estimate of drug-likeness (QED) is 0.321. The average Bonchev–Trinajstić information content (AvgIpc) is 1.97. The Hall–Kier alpha value is -0.500. The smallest absolute Gasteiger partial charge is 0.390 e. The average molecular weight is 229 g/mol. The number of phosphoric ester groups is 1. The van der Waals surface area contributed by atoms with Crippen LogP contribution >= 0.6 is 7.82 Å². The van der Waals surface area contributed by atoms with Crippen molar-refractivity contribution in [2.45, 2.75) is 18.6 Å². The number of phosphoric acid groups is 1. The van der Waals surface area contributed by atoms with Crippen molar-refractivity contribution in [3.05, 3.63) is 0 Å². The lowest BCUT2D eigenvalue weighted by Crippen LogP contribution is -2.34. The molecule has 14 heavy (non-hydrogen) atoms. The standard InChI is InChI=1S/C5H12NO7P/c6-5(9)1-3(7)4(8)2-13-14(10,11)12/h3-4,7-8H,1-2H2,(H2,6,9)(H2,10,11,12)/t3-,4+/m0/s1. The van der Waals surface area contributed by atoms with Crippen LogP contribution in [-0.2, 0) is 13.9 Å². The molecular formula is C5H12NO7P. The number of hydrogen-bond acceptors (Lipinski definition) is 5. The number of rotatable bonds is 6. The van der Waals surface area contributed by atoms with Gasteiger partial charge in [0.05, 0.1) is 19.1 Å². The Balaban J connectivity index is 3.90. The van der Waals surface area contributed by atoms with Gasteiger partial charge < -0.3 is 25.7 Å². The van der Waals surface area contributed by atoms with Crippen LogP contribution in [0, 0.1) is 0 Å². The summed E-state index contributed by atoms with van der Waals surface area (Å²) in [5, 5.41) is 18.0. The third-order valence-electron chi connectivity index (χ3n) is 1.27. The number of carbonyl (C=O) groups is 1. The summed E-state index contributed by atoms with van der Waals surface area (Å²) in [6, 6.07) is 0. The number of nitrogens with two attached hydrogens (primary N) is 1. The van der Waals surface area contributed by atoms with Crippen LogP contribution in [0.5, 0.6) is 0 Å². The minimum Gasteiger partial charge on any atom is -0.390 e. The summed E-state index contributed by atoms with van der Waals surface area (Å²) in [5.74, 6) is -0.840. The van der Waals surface area contributed by atoms with Crippen LogP contribution in [0.3, 0.4) is 0 Å². The zero-order valence-corrected chi connectivity index (χ0v) is 8.00. The third kappa shape index (κ3) is 6.96. The van der Waals surface area contributed by atoms with Gasteiger partial charge in [0.1, 0.15) is 6.10 Å². The molecule has 9 heteroatoms. The molecule has 0 aromatic rings. The van der Waals surface area contributed by atoms with E-state index in [1.165, 1.54) is 0 Å². The molecule has 0 bridgehead atoms. The SMILES string of the molecule is NC(=O)C[C@H](O)[C@H](O)COP(=O)(O)O. The highest BCUT2D eigenvalue weighted by Gasteiger charge is 2.23. The summed E-state index contributed by atoms with van der Waals surface area (Å²) in [4.78, 5) is 26.7. The van der Waals surface area contributed by atoms with Crippen molar-refractivity contribution in [1.29, 1.82) is 0 Å². The van der Waals surface area contributed by atoms with Crippen LogP contribution in [0.25, 0.3) is 0 Å². The summed E-state index contributed by atoms with van der Waals surface area (Å²) in [7, 11) is -4.68. The fourth-order valence-corrected chi connectivity index (χ4v) is 0.974. The zero-order valence-electron chi connectivity index (χ0n) is 7.11. The van der Waals surface area contributed by atoms with E-state index in [-0.39, 0.29) is 0 Å². The largest absolute Gasteiger partial charge is 0.469 e. The maximum absolute atomic E-state index is 10.3. The molecule has 0 saturated heterocycles. The van der Waals surface area contributed by atoms with Crippen LogP contribution < -0.4 is 5.73 Å². The van der Waals surface area contributed by atoms with Crippen LogP contribution in [0.15, 0.2) is 0 Å². The molecule has 0 fully saturated rings. The number of carbonyl (C=O) groups excluding carboxylic acids is 1. The van der Waals surface area contributed by atoms with Gasteiger partial charge in [-0.25, -0.2) is 4.57 Å². The molecule has 0 aromatic carbocycles. The molecule has 0 aliphatic carbocycles. The lowest BCUT2D eigenvalue weighted by Gasteiger charge is -2.16. The van der Waals surface area contributed by atoms with E-state index >= 15 is 0 Å². The van der Waals surface area contributed by atoms with E-state index < -0.39 is 39.0 Å². The summed E-state index contributed by atoms with van der Waals surface area (Å²) < 4.78 is 14.1. The van der Waals surface area contributed by atoms with Crippen LogP contribution in [0.4, 0.5) is 0 Å². The summed E-state index contributed by atoms with van der Waals surface area (Å²) in [6.45, 7) is -0.779. The summed E-state index contributed by atoms with van der Waals surface area (Å²) in [6.07, 6.45) is -3.58. The predicted molar refractivity (Wildman–Crippen MR) is 43.8 cm³/mol. The molecule has 84 valence electrons. The number of aliphatic hydroxyl groups excluding tert-OH is 2. The Labute approximate surface area is 79.5 Å². The van der Waals surface area contributed by atoms with Crippen molar-refractivity contribution in [2.24, 2.45) is 5.73 Å². The molecule has 0 spiro atoms. The second-order valence-electron chi connectivity index (χ2n) is 2.59. The number of aliphatic hydroxyl groups is 2. The Morgan fingerprint density at radius 3 is 2.21 bits per heavy atom. The molecule has 0 rings (SSSR count). The van der Waals surface area contributed by atoms with Crippen molar-refractivity contribution >= 4 is 13.7 Å². The normalized spacial score (nSPS) is 16.3. The van der Waals surface area contributed by atoms with Gasteiger partial charge in [-0.15, -0.1) is 0 Å². The molecule has 0 saturated carbocycles. The molecular weight excluding hydrogens is 217 g/mol. The van der Waals surface area contributed by atoms with Crippen LogP contribution in [0.1, 0.15) is 6.42 Å². The molecule has 0 unspecified atom stereocenters. The van der Waals surface area contributed by atoms with Crippen LogP contribution in [-0.4, -0.2) is 44.7 Å². The molecule has 0 aliphatic heterocycles. The highest BCUT2D eigenvalue weighted by atomic mass is 31.2. The zero-order chi connectivity index (χ0) is 11.4. The Morgan fingerprint density at radius 1 is 1.36 bits per heavy atom. The van der Waals surface area contributed by atoms with E-state index in [9.17, 15) is 9.36 Å². The van der Waals surface area contributed by atoms with Crippen molar-refractivity contribution in [1.82, 2.24) is 0 Å². The molecule has 8 nitrogen and oxygen atoms in total. The Morgan fingerprint density at radius 2 is 1.86 bits per heavy atom. The van der Waals surface area contributed by atoms with Gasteiger partial charge in [-0.05, 0) is 0 Å². The highest BCUT2D eigenvalue weighted by Crippen LogP contribution is 2.35. The molecule has 0 aliphatic rings. The van der Waals surface area contributed by atoms with Crippen molar-refractivity contribution in [3.8, 4) is 0 Å². The van der Waals surface area contributed by atoms with E-state index in [1.807, 2.05) is 0 Å². The number of primary amides is 1. The van der Waals surface area contributed by atoms with Gasteiger partial charge in [0, 0.05) is 0 Å². The monoisotopic (exact) mass is 229 g/mol. The first-order valence-electron chi connectivity index (χ1n) is 3.57. The fourth-order valence-electron chi connectivity index (χ4n) is 0.627. The topological polar surface area (TPSA) is 150 Å². The third-order valence-corrected chi connectivity index (χ3v) is 1.75. The molecule has 1 amide bonds. The maximum atomic E-state index is 10.3. The first-order chi connectivity index (χ1) is 6.22. The summed E-state index contributed by atoms with van der Waals surface area (Å²) in [5.41, 5.74) is 4.71. The molecule has 0 heterocycles. The Kier molecular flexibility index (Phi) is 5.21. The van der Waals surface area contributed by atoms with Gasteiger partial charge in [-0.3, -0.25) is 9.32 Å². The van der Waals surface area contributed by atoms with Gasteiger partial charge in [0.2, 0.25) is 5.91 Å². The van der Waals surface area contributed by atoms with E-state index in [0.29, 0.717) is 0 Å². The van der Waals surface area contributed by atoms with E-state index in [0.717, 1.165) is 0 Å². The van der Waals surface area contributed by atoms with E-state index in [2.05, 4.69) is 4.52 Å². The summed E-state index contributed by atoms with van der Waals surface area (Å²) >= 11 is 0. The van der Waals surface area contributed by atoms with Crippen LogP contribution in [0.2, 0.25) is 0 Å². The van der Waals surface area contributed by atoms with E-state index in [4.69, 9.17) is 25.7 Å². The van der Waals surface area contributed by atoms with Gasteiger partial charge in [0.25, 0.3) is 0 Å². The molecule has 0 aromatic heterocycles. The van der Waals surface area contributed by atoms with Crippen molar-refractivity contribution in [3.63, 3.8) is 0 Å². The molecule has 0 radical (unpaired) electrons.